The van der Waals surface area contributed by atoms with E-state index in [0.29, 0.717) is 44.0 Å². The van der Waals surface area contributed by atoms with Crippen LogP contribution < -0.4 is 4.31 Å². The molecule has 0 saturated carbocycles. The van der Waals surface area contributed by atoms with Gasteiger partial charge in [-0.3, -0.25) is 9.10 Å². The van der Waals surface area contributed by atoms with E-state index in [1.165, 1.54) is 4.31 Å². The van der Waals surface area contributed by atoms with Gasteiger partial charge in [0.15, 0.2) is 0 Å². The molecule has 3 rings (SSSR count). The molecule has 31 heavy (non-hydrogen) atoms. The fourth-order valence-electron chi connectivity index (χ4n) is 3.48. The van der Waals surface area contributed by atoms with E-state index < -0.39 is 10.0 Å². The first-order valence-corrected chi connectivity index (χ1v) is 12.0. The van der Waals surface area contributed by atoms with E-state index in [-0.39, 0.29) is 18.5 Å². The maximum Gasteiger partial charge on any atom is 0.409 e. The number of anilines is 1. The van der Waals surface area contributed by atoms with Gasteiger partial charge in [-0.1, -0.05) is 42.5 Å². The summed E-state index contributed by atoms with van der Waals surface area (Å²) in [7, 11) is -3.64. The number of amides is 2. The molecular formula is C22H27N3O5S. The van der Waals surface area contributed by atoms with Crippen LogP contribution in [0.15, 0.2) is 54.6 Å². The number of piperazine rings is 1. The Morgan fingerprint density at radius 1 is 0.935 bits per heavy atom. The maximum atomic E-state index is 13.3. The van der Waals surface area contributed by atoms with Gasteiger partial charge in [-0.15, -0.1) is 0 Å². The lowest BCUT2D eigenvalue weighted by molar-refractivity contribution is 0.0571. The van der Waals surface area contributed by atoms with Gasteiger partial charge < -0.3 is 14.5 Å². The van der Waals surface area contributed by atoms with Gasteiger partial charge in [-0.05, 0) is 24.6 Å². The third-order valence-corrected chi connectivity index (χ3v) is 6.19. The molecule has 0 atom stereocenters. The maximum absolute atomic E-state index is 13.3. The minimum absolute atomic E-state index is 0.126. The van der Waals surface area contributed by atoms with E-state index >= 15 is 0 Å². The largest absolute Gasteiger partial charge is 0.450 e. The number of carbonyl (C=O) groups is 2. The van der Waals surface area contributed by atoms with Crippen LogP contribution in [0.4, 0.5) is 10.5 Å². The molecule has 1 heterocycles. The summed E-state index contributed by atoms with van der Waals surface area (Å²) < 4.78 is 31.5. The summed E-state index contributed by atoms with van der Waals surface area (Å²) in [6.45, 7) is 3.61. The van der Waals surface area contributed by atoms with Gasteiger partial charge in [0.05, 0.1) is 30.7 Å². The van der Waals surface area contributed by atoms with Gasteiger partial charge in [-0.25, -0.2) is 13.2 Å². The Hall–Kier alpha value is -3.07. The molecule has 0 unspecified atom stereocenters. The van der Waals surface area contributed by atoms with Crippen molar-refractivity contribution < 1.29 is 22.7 Å². The number of para-hydroxylation sites is 1. The molecule has 2 amide bonds. The van der Waals surface area contributed by atoms with Crippen LogP contribution in [-0.2, 0) is 21.3 Å². The zero-order chi connectivity index (χ0) is 22.4. The van der Waals surface area contributed by atoms with Gasteiger partial charge in [0.25, 0.3) is 5.91 Å². The molecule has 0 aromatic heterocycles. The third-order valence-electron chi connectivity index (χ3n) is 5.07. The molecule has 1 saturated heterocycles. The van der Waals surface area contributed by atoms with Crippen molar-refractivity contribution >= 4 is 27.7 Å². The third kappa shape index (κ3) is 5.55. The summed E-state index contributed by atoms with van der Waals surface area (Å²) in [6, 6.07) is 16.0. The number of benzene rings is 2. The van der Waals surface area contributed by atoms with Crippen molar-refractivity contribution in [3.05, 3.63) is 65.7 Å². The SMILES string of the molecule is CCOC(=O)N1CCN(C(=O)c2ccccc2N(Cc2ccccc2)S(C)(=O)=O)CC1. The molecule has 2 aromatic carbocycles. The van der Waals surface area contributed by atoms with Crippen molar-refractivity contribution in [3.63, 3.8) is 0 Å². The minimum Gasteiger partial charge on any atom is -0.450 e. The first kappa shape index (κ1) is 22.6. The van der Waals surface area contributed by atoms with Crippen molar-refractivity contribution in [3.8, 4) is 0 Å². The number of hydrogen-bond acceptors (Lipinski definition) is 5. The summed E-state index contributed by atoms with van der Waals surface area (Å²) in [5.74, 6) is -0.263. The van der Waals surface area contributed by atoms with Crippen LogP contribution in [0.25, 0.3) is 0 Å². The summed E-state index contributed by atoms with van der Waals surface area (Å²) in [5.41, 5.74) is 1.47. The molecule has 2 aromatic rings. The lowest BCUT2D eigenvalue weighted by Gasteiger charge is -2.35. The van der Waals surface area contributed by atoms with E-state index in [2.05, 4.69) is 0 Å². The number of nitrogens with zero attached hydrogens (tertiary/aromatic N) is 3. The molecule has 0 radical (unpaired) electrons. The van der Waals surface area contributed by atoms with Crippen molar-refractivity contribution in [1.29, 1.82) is 0 Å². The Balaban J connectivity index is 1.83. The van der Waals surface area contributed by atoms with Crippen LogP contribution in [0.1, 0.15) is 22.8 Å². The quantitative estimate of drug-likeness (QED) is 0.682. The van der Waals surface area contributed by atoms with Gasteiger partial charge >= 0.3 is 6.09 Å². The first-order valence-electron chi connectivity index (χ1n) is 10.1. The Morgan fingerprint density at radius 3 is 2.13 bits per heavy atom. The molecule has 1 aliphatic heterocycles. The van der Waals surface area contributed by atoms with E-state index in [9.17, 15) is 18.0 Å². The number of hydrogen-bond donors (Lipinski definition) is 0. The van der Waals surface area contributed by atoms with Crippen LogP contribution in [-0.4, -0.2) is 69.3 Å². The molecule has 0 N–H and O–H groups in total. The number of carbonyl (C=O) groups excluding carboxylic acids is 2. The summed E-state index contributed by atoms with van der Waals surface area (Å²) in [4.78, 5) is 28.4. The highest BCUT2D eigenvalue weighted by Crippen LogP contribution is 2.26. The first-order chi connectivity index (χ1) is 14.8. The lowest BCUT2D eigenvalue weighted by Crippen LogP contribution is -2.51. The Bertz CT molecular complexity index is 1020. The van der Waals surface area contributed by atoms with E-state index in [0.717, 1.165) is 11.8 Å². The normalized spacial score (nSPS) is 14.3. The number of sulfonamides is 1. The van der Waals surface area contributed by atoms with E-state index in [4.69, 9.17) is 4.74 Å². The summed E-state index contributed by atoms with van der Waals surface area (Å²) in [6.07, 6.45) is 0.746. The van der Waals surface area contributed by atoms with Crippen molar-refractivity contribution in [1.82, 2.24) is 9.80 Å². The second-order valence-corrected chi connectivity index (χ2v) is 9.16. The molecule has 0 spiro atoms. The Labute approximate surface area is 183 Å². The summed E-state index contributed by atoms with van der Waals surface area (Å²) in [5, 5.41) is 0. The second-order valence-electron chi connectivity index (χ2n) is 7.25. The Morgan fingerprint density at radius 2 is 1.52 bits per heavy atom. The van der Waals surface area contributed by atoms with Crippen LogP contribution in [0.2, 0.25) is 0 Å². The zero-order valence-electron chi connectivity index (χ0n) is 17.7. The van der Waals surface area contributed by atoms with E-state index in [1.54, 1.807) is 41.0 Å². The predicted molar refractivity (Wildman–Crippen MR) is 118 cm³/mol. The highest BCUT2D eigenvalue weighted by Gasteiger charge is 2.29. The van der Waals surface area contributed by atoms with Gasteiger partial charge in [0.2, 0.25) is 10.0 Å². The topological polar surface area (TPSA) is 87.2 Å². The van der Waals surface area contributed by atoms with E-state index in [1.807, 2.05) is 30.3 Å². The van der Waals surface area contributed by atoms with Crippen LogP contribution in [0.3, 0.4) is 0 Å². The molecule has 0 aliphatic carbocycles. The van der Waals surface area contributed by atoms with Crippen LogP contribution in [0.5, 0.6) is 0 Å². The summed E-state index contributed by atoms with van der Waals surface area (Å²) >= 11 is 0. The molecule has 9 heteroatoms. The van der Waals surface area contributed by atoms with Gasteiger partial charge in [-0.2, -0.15) is 0 Å². The molecule has 0 bridgehead atoms. The van der Waals surface area contributed by atoms with Crippen LogP contribution in [0, 0.1) is 0 Å². The van der Waals surface area contributed by atoms with Crippen molar-refractivity contribution in [2.24, 2.45) is 0 Å². The molecular weight excluding hydrogens is 418 g/mol. The Kier molecular flexibility index (Phi) is 7.17. The average Bonchev–Trinajstić information content (AvgIpc) is 2.77. The van der Waals surface area contributed by atoms with Gasteiger partial charge in [0.1, 0.15) is 0 Å². The molecule has 8 nitrogen and oxygen atoms in total. The highest BCUT2D eigenvalue weighted by molar-refractivity contribution is 7.92. The molecule has 1 fully saturated rings. The highest BCUT2D eigenvalue weighted by atomic mass is 32.2. The fraction of sp³-hybridized carbons (Fsp3) is 0.364. The lowest BCUT2D eigenvalue weighted by atomic mass is 10.1. The zero-order valence-corrected chi connectivity index (χ0v) is 18.5. The minimum atomic E-state index is -3.64. The number of ether oxygens (including phenoxy) is 1. The predicted octanol–water partition coefficient (Wildman–Crippen LogP) is 2.57. The number of rotatable bonds is 6. The monoisotopic (exact) mass is 445 g/mol. The molecule has 166 valence electrons. The van der Waals surface area contributed by atoms with Crippen molar-refractivity contribution in [2.45, 2.75) is 13.5 Å². The van der Waals surface area contributed by atoms with Crippen LogP contribution >= 0.6 is 0 Å². The van der Waals surface area contributed by atoms with Crippen molar-refractivity contribution in [2.75, 3.05) is 43.3 Å². The smallest absolute Gasteiger partial charge is 0.409 e. The average molecular weight is 446 g/mol. The van der Waals surface area contributed by atoms with Gasteiger partial charge in [0, 0.05) is 26.2 Å². The fourth-order valence-corrected chi connectivity index (χ4v) is 4.38. The standard InChI is InChI=1S/C22H27N3O5S/c1-3-30-22(27)24-15-13-23(14-16-24)21(26)19-11-7-8-12-20(19)25(31(2,28)29)17-18-9-5-4-6-10-18/h4-12H,3,13-17H2,1-2H3. The second kappa shape index (κ2) is 9.82. The molecule has 1 aliphatic rings.